The molecule has 1 heterocycles. The smallest absolute Gasteiger partial charge is 0.129 e. The van der Waals surface area contributed by atoms with E-state index in [2.05, 4.69) is 83.8 Å². The van der Waals surface area contributed by atoms with Crippen LogP contribution in [0, 0.1) is 0 Å². The van der Waals surface area contributed by atoms with Gasteiger partial charge in [0.1, 0.15) is 5.15 Å². The van der Waals surface area contributed by atoms with Gasteiger partial charge in [-0.2, -0.15) is 0 Å². The second-order valence-electron chi connectivity index (χ2n) is 6.22. The lowest BCUT2D eigenvalue weighted by Gasteiger charge is -2.36. The van der Waals surface area contributed by atoms with Crippen LogP contribution >= 0.6 is 11.6 Å². The van der Waals surface area contributed by atoms with E-state index in [0.29, 0.717) is 5.15 Å². The Morgan fingerprint density at radius 3 is 1.27 bits per heavy atom. The van der Waals surface area contributed by atoms with Gasteiger partial charge in [0.2, 0.25) is 0 Å². The van der Waals surface area contributed by atoms with Crippen LogP contribution in [0.3, 0.4) is 0 Å². The fourth-order valence-electron chi connectivity index (χ4n) is 3.66. The molecule has 126 valence electrons. The molecule has 0 saturated carbocycles. The summed E-state index contributed by atoms with van der Waals surface area (Å²) in [5.41, 5.74) is 4.22. The van der Waals surface area contributed by atoms with Crippen LogP contribution in [0.25, 0.3) is 0 Å². The van der Waals surface area contributed by atoms with Gasteiger partial charge in [-0.25, -0.2) is 4.98 Å². The van der Waals surface area contributed by atoms with Gasteiger partial charge >= 0.3 is 0 Å². The lowest BCUT2D eigenvalue weighted by molar-refractivity contribution is 0.740. The average molecular weight is 356 g/mol. The summed E-state index contributed by atoms with van der Waals surface area (Å²) in [4.78, 5) is 4.39. The molecule has 1 nitrogen and oxygen atoms in total. The number of hydrogen-bond donors (Lipinski definition) is 0. The summed E-state index contributed by atoms with van der Waals surface area (Å²) < 4.78 is 0. The molecule has 0 aliphatic rings. The highest BCUT2D eigenvalue weighted by Crippen LogP contribution is 2.44. The zero-order chi connectivity index (χ0) is 17.8. The minimum absolute atomic E-state index is 0.457. The van der Waals surface area contributed by atoms with Gasteiger partial charge in [0, 0.05) is 6.20 Å². The summed E-state index contributed by atoms with van der Waals surface area (Å²) >= 11 is 6.09. The Kier molecular flexibility index (Phi) is 4.55. The molecule has 26 heavy (non-hydrogen) atoms. The molecule has 0 aliphatic carbocycles. The third-order valence-corrected chi connectivity index (χ3v) is 5.00. The number of halogens is 1. The molecule has 0 atom stereocenters. The van der Waals surface area contributed by atoms with Crippen molar-refractivity contribution >= 4 is 11.6 Å². The Morgan fingerprint density at radius 1 is 0.500 bits per heavy atom. The first-order valence-corrected chi connectivity index (χ1v) is 8.98. The van der Waals surface area contributed by atoms with Crippen molar-refractivity contribution in [2.75, 3.05) is 0 Å². The van der Waals surface area contributed by atoms with Gasteiger partial charge in [-0.1, -0.05) is 109 Å². The normalized spacial score (nSPS) is 11.3. The molecule has 1 aromatic heterocycles. The summed E-state index contributed by atoms with van der Waals surface area (Å²) in [6.45, 7) is 0. The Balaban J connectivity index is 2.12. The minimum Gasteiger partial charge on any atom is -0.244 e. The van der Waals surface area contributed by atoms with Crippen LogP contribution < -0.4 is 0 Å². The van der Waals surface area contributed by atoms with Gasteiger partial charge in [0.05, 0.1) is 5.41 Å². The molecule has 0 radical (unpaired) electrons. The van der Waals surface area contributed by atoms with Crippen molar-refractivity contribution in [1.29, 1.82) is 0 Å². The Morgan fingerprint density at radius 2 is 0.923 bits per heavy atom. The molecule has 4 rings (SSSR count). The van der Waals surface area contributed by atoms with E-state index < -0.39 is 5.41 Å². The fourth-order valence-corrected chi connectivity index (χ4v) is 3.77. The summed E-state index contributed by atoms with van der Waals surface area (Å²) in [5, 5.41) is 0.497. The molecule has 0 fully saturated rings. The first-order valence-electron chi connectivity index (χ1n) is 8.60. The molecule has 0 amide bonds. The van der Waals surface area contributed by atoms with E-state index >= 15 is 0 Å². The second kappa shape index (κ2) is 7.15. The Labute approximate surface area is 158 Å². The van der Waals surface area contributed by atoms with E-state index in [9.17, 15) is 0 Å². The van der Waals surface area contributed by atoms with Gasteiger partial charge in [-0.3, -0.25) is 0 Å². The predicted octanol–water partition coefficient (Wildman–Crippen LogP) is 6.12. The standard InChI is InChI=1S/C24H18ClN/c25-23-17-16-22(18-26-23)24(19-10-4-1-5-11-19,20-12-6-2-7-13-20)21-14-8-3-9-15-21/h1-18H. The fraction of sp³-hybridized carbons (Fsp3) is 0.0417. The number of rotatable bonds is 4. The summed E-state index contributed by atoms with van der Waals surface area (Å²) in [6.07, 6.45) is 1.88. The SMILES string of the molecule is Clc1ccc(C(c2ccccc2)(c2ccccc2)c2ccccc2)cn1. The number of pyridine rings is 1. The average Bonchev–Trinajstić information content (AvgIpc) is 2.72. The molecule has 3 aromatic carbocycles. The Bertz CT molecular complexity index is 868. The van der Waals surface area contributed by atoms with Gasteiger partial charge in [-0.05, 0) is 28.3 Å². The van der Waals surface area contributed by atoms with Crippen molar-refractivity contribution in [3.05, 3.63) is 137 Å². The van der Waals surface area contributed by atoms with Gasteiger partial charge in [-0.15, -0.1) is 0 Å². The highest BCUT2D eigenvalue weighted by molar-refractivity contribution is 6.29. The lowest BCUT2D eigenvalue weighted by atomic mass is 9.65. The number of aromatic nitrogens is 1. The van der Waals surface area contributed by atoms with Gasteiger partial charge < -0.3 is 0 Å². The maximum Gasteiger partial charge on any atom is 0.129 e. The van der Waals surface area contributed by atoms with Crippen molar-refractivity contribution in [2.45, 2.75) is 5.41 Å². The van der Waals surface area contributed by atoms with Crippen LogP contribution in [0.1, 0.15) is 22.3 Å². The zero-order valence-corrected chi connectivity index (χ0v) is 15.0. The van der Waals surface area contributed by atoms with Crippen LogP contribution in [-0.4, -0.2) is 4.98 Å². The quantitative estimate of drug-likeness (QED) is 0.317. The van der Waals surface area contributed by atoms with E-state index in [1.54, 1.807) is 0 Å². The van der Waals surface area contributed by atoms with Crippen molar-refractivity contribution in [1.82, 2.24) is 4.98 Å². The summed E-state index contributed by atoms with van der Waals surface area (Å²) in [5.74, 6) is 0. The van der Waals surface area contributed by atoms with Gasteiger partial charge in [0.25, 0.3) is 0 Å². The van der Waals surface area contributed by atoms with Crippen LogP contribution in [0.15, 0.2) is 109 Å². The zero-order valence-electron chi connectivity index (χ0n) is 14.2. The molecule has 4 aromatic rings. The van der Waals surface area contributed by atoms with Crippen LogP contribution in [0.2, 0.25) is 5.15 Å². The molecule has 0 saturated heterocycles. The number of hydrogen-bond acceptors (Lipinski definition) is 1. The first-order chi connectivity index (χ1) is 12.8. The van der Waals surface area contributed by atoms with Crippen molar-refractivity contribution in [3.8, 4) is 0 Å². The molecule has 0 spiro atoms. The second-order valence-corrected chi connectivity index (χ2v) is 6.60. The number of nitrogens with zero attached hydrogens (tertiary/aromatic N) is 1. The van der Waals surface area contributed by atoms with Crippen molar-refractivity contribution < 1.29 is 0 Å². The minimum atomic E-state index is -0.457. The first kappa shape index (κ1) is 16.6. The molecule has 0 bridgehead atoms. The van der Waals surface area contributed by atoms with Gasteiger partial charge in [0.15, 0.2) is 0 Å². The third-order valence-electron chi connectivity index (χ3n) is 4.78. The van der Waals surface area contributed by atoms with Crippen LogP contribution in [0.5, 0.6) is 0 Å². The van der Waals surface area contributed by atoms with E-state index in [-0.39, 0.29) is 0 Å². The molecule has 0 N–H and O–H groups in total. The van der Waals surface area contributed by atoms with Crippen LogP contribution in [-0.2, 0) is 5.41 Å². The van der Waals surface area contributed by atoms with Crippen LogP contribution in [0.4, 0.5) is 0 Å². The lowest BCUT2D eigenvalue weighted by Crippen LogP contribution is -2.31. The van der Waals surface area contributed by atoms with E-state index in [0.717, 1.165) is 5.56 Å². The maximum absolute atomic E-state index is 6.09. The summed E-state index contributed by atoms with van der Waals surface area (Å²) in [6, 6.07) is 35.6. The molecular weight excluding hydrogens is 338 g/mol. The van der Waals surface area contributed by atoms with E-state index in [1.165, 1.54) is 16.7 Å². The molecular formula is C24H18ClN. The van der Waals surface area contributed by atoms with Crippen molar-refractivity contribution in [2.24, 2.45) is 0 Å². The molecule has 0 aliphatic heterocycles. The Hall–Kier alpha value is -2.90. The molecule has 0 unspecified atom stereocenters. The highest BCUT2D eigenvalue weighted by atomic mass is 35.5. The number of benzene rings is 3. The topological polar surface area (TPSA) is 12.9 Å². The van der Waals surface area contributed by atoms with E-state index in [4.69, 9.17) is 11.6 Å². The highest BCUT2D eigenvalue weighted by Gasteiger charge is 2.38. The van der Waals surface area contributed by atoms with Crippen molar-refractivity contribution in [3.63, 3.8) is 0 Å². The largest absolute Gasteiger partial charge is 0.244 e. The monoisotopic (exact) mass is 355 g/mol. The third kappa shape index (κ3) is 2.81. The summed E-state index contributed by atoms with van der Waals surface area (Å²) in [7, 11) is 0. The van der Waals surface area contributed by atoms with E-state index in [1.807, 2.05) is 30.5 Å². The molecule has 2 heteroatoms. The maximum atomic E-state index is 6.09. The predicted molar refractivity (Wildman–Crippen MR) is 108 cm³/mol.